The smallest absolute Gasteiger partial charge is 0.382 e. The van der Waals surface area contributed by atoms with E-state index in [2.05, 4.69) is 0 Å². The third-order valence-electron chi connectivity index (χ3n) is 3.58. The van der Waals surface area contributed by atoms with Crippen LogP contribution in [0.1, 0.15) is 6.42 Å². The molecule has 0 saturated carbocycles. The van der Waals surface area contributed by atoms with E-state index in [9.17, 15) is 0 Å². The van der Waals surface area contributed by atoms with Gasteiger partial charge in [-0.25, -0.2) is 9.46 Å². The summed E-state index contributed by atoms with van der Waals surface area (Å²) in [4.78, 5) is 5.35. The standard InChI is InChI=1S/C18H41NO10Si/c1-20-6-9-23-12-15-26-29-30(18-4-5-19,27-16-13-24-10-7-21-2)28-17-14-25-11-8-22-3/h4-19H2,1-3H3. The first kappa shape index (κ1) is 29.8. The topological polar surface area (TPSA) is 118 Å². The van der Waals surface area contributed by atoms with Gasteiger partial charge in [-0.1, -0.05) is 0 Å². The molecule has 0 amide bonds. The zero-order valence-electron chi connectivity index (χ0n) is 18.8. The van der Waals surface area contributed by atoms with Crippen molar-refractivity contribution in [3.8, 4) is 0 Å². The zero-order valence-corrected chi connectivity index (χ0v) is 19.8. The Morgan fingerprint density at radius 1 is 0.567 bits per heavy atom. The maximum atomic E-state index is 5.99. The molecule has 0 fully saturated rings. The highest BCUT2D eigenvalue weighted by molar-refractivity contribution is 6.60. The Morgan fingerprint density at radius 2 is 1.00 bits per heavy atom. The molecule has 2 N–H and O–H groups in total. The quantitative estimate of drug-likeness (QED) is 0.0875. The number of methoxy groups -OCH3 is 3. The van der Waals surface area contributed by atoms with Crippen LogP contribution in [0.15, 0.2) is 0 Å². The summed E-state index contributed by atoms with van der Waals surface area (Å²) in [6.07, 6.45) is 0.676. The summed E-state index contributed by atoms with van der Waals surface area (Å²) in [5, 5.41) is 0. The van der Waals surface area contributed by atoms with Gasteiger partial charge in [-0.15, -0.1) is 0 Å². The third kappa shape index (κ3) is 18.5. The van der Waals surface area contributed by atoms with E-state index in [4.69, 9.17) is 52.5 Å². The second-order valence-corrected chi connectivity index (χ2v) is 8.60. The van der Waals surface area contributed by atoms with Crippen LogP contribution in [0.25, 0.3) is 0 Å². The molecule has 30 heavy (non-hydrogen) atoms. The first-order valence-corrected chi connectivity index (χ1v) is 12.2. The largest absolute Gasteiger partial charge is 0.530 e. The Bertz CT molecular complexity index is 328. The van der Waals surface area contributed by atoms with E-state index in [1.807, 2.05) is 0 Å². The summed E-state index contributed by atoms with van der Waals surface area (Å²) in [6.45, 7) is 5.50. The Kier molecular flexibility index (Phi) is 23.3. The van der Waals surface area contributed by atoms with Crippen LogP contribution in [0.2, 0.25) is 6.04 Å². The molecule has 0 aromatic heterocycles. The molecule has 0 spiro atoms. The van der Waals surface area contributed by atoms with Gasteiger partial charge >= 0.3 is 8.80 Å². The van der Waals surface area contributed by atoms with Crippen molar-refractivity contribution in [3.05, 3.63) is 0 Å². The fourth-order valence-corrected chi connectivity index (χ4v) is 4.30. The molecular weight excluding hydrogens is 418 g/mol. The lowest BCUT2D eigenvalue weighted by Crippen LogP contribution is -2.48. The lowest BCUT2D eigenvalue weighted by Gasteiger charge is -2.28. The Morgan fingerprint density at radius 3 is 1.43 bits per heavy atom. The minimum absolute atomic E-state index is 0.239. The van der Waals surface area contributed by atoms with E-state index in [0.717, 1.165) is 0 Å². The summed E-state index contributed by atoms with van der Waals surface area (Å²) in [5.41, 5.74) is 5.68. The molecule has 0 radical (unpaired) electrons. The molecule has 0 atom stereocenters. The molecule has 0 aliphatic rings. The molecule has 11 nitrogen and oxygen atoms in total. The number of nitrogens with two attached hydrogens (primary N) is 1. The fourth-order valence-electron chi connectivity index (χ4n) is 2.06. The van der Waals surface area contributed by atoms with Crippen molar-refractivity contribution in [2.24, 2.45) is 5.73 Å². The van der Waals surface area contributed by atoms with Crippen molar-refractivity contribution in [2.75, 3.05) is 107 Å². The van der Waals surface area contributed by atoms with Crippen LogP contribution in [0, 0.1) is 0 Å². The Balaban J connectivity index is 4.51. The van der Waals surface area contributed by atoms with Crippen LogP contribution in [0.5, 0.6) is 0 Å². The molecule has 0 bridgehead atoms. The molecule has 0 aromatic rings. The molecular formula is C18H41NO10Si. The van der Waals surface area contributed by atoms with Crippen molar-refractivity contribution < 1.29 is 46.7 Å². The van der Waals surface area contributed by atoms with E-state index in [-0.39, 0.29) is 6.61 Å². The first-order chi connectivity index (χ1) is 14.7. The van der Waals surface area contributed by atoms with Crippen LogP contribution < -0.4 is 5.73 Å². The lowest BCUT2D eigenvalue weighted by molar-refractivity contribution is -0.259. The van der Waals surface area contributed by atoms with Gasteiger partial charge in [-0.2, -0.15) is 0 Å². The van der Waals surface area contributed by atoms with E-state index in [1.54, 1.807) is 21.3 Å². The normalized spacial score (nSPS) is 12.0. The highest BCUT2D eigenvalue weighted by Crippen LogP contribution is 2.18. The number of ether oxygens (including phenoxy) is 6. The molecule has 0 rings (SSSR count). The minimum atomic E-state index is -3.13. The highest BCUT2D eigenvalue weighted by atomic mass is 28.4. The molecule has 0 aliphatic heterocycles. The second-order valence-electron chi connectivity index (χ2n) is 5.99. The SMILES string of the molecule is COCCOCCOO[Si](CCCN)(OCCOCCOC)OCCOCCOC. The van der Waals surface area contributed by atoms with Gasteiger partial charge in [0, 0.05) is 27.4 Å². The number of hydrogen-bond donors (Lipinski definition) is 1. The highest BCUT2D eigenvalue weighted by Gasteiger charge is 2.42. The second kappa shape index (κ2) is 23.4. The maximum absolute atomic E-state index is 5.99. The number of hydrogen-bond acceptors (Lipinski definition) is 11. The molecule has 0 unspecified atom stereocenters. The molecule has 182 valence electrons. The third-order valence-corrected chi connectivity index (χ3v) is 6.20. The van der Waals surface area contributed by atoms with Crippen LogP contribution in [0.3, 0.4) is 0 Å². The van der Waals surface area contributed by atoms with Crippen LogP contribution in [-0.2, 0) is 46.7 Å². The van der Waals surface area contributed by atoms with Crippen molar-refractivity contribution in [1.29, 1.82) is 0 Å². The lowest BCUT2D eigenvalue weighted by atomic mass is 10.5. The summed E-state index contributed by atoms with van der Waals surface area (Å²) in [6, 6.07) is 0.518. The monoisotopic (exact) mass is 459 g/mol. The van der Waals surface area contributed by atoms with Gasteiger partial charge < -0.3 is 43.0 Å². The molecule has 0 aliphatic carbocycles. The van der Waals surface area contributed by atoms with Gasteiger partial charge in [0.25, 0.3) is 0 Å². The van der Waals surface area contributed by atoms with Gasteiger partial charge in [-0.05, 0) is 13.0 Å². The van der Waals surface area contributed by atoms with E-state index < -0.39 is 8.80 Å². The Labute approximate surface area is 181 Å². The van der Waals surface area contributed by atoms with E-state index >= 15 is 0 Å². The summed E-state index contributed by atoms with van der Waals surface area (Å²) < 4.78 is 48.7. The Hall–Kier alpha value is -0.223. The summed E-state index contributed by atoms with van der Waals surface area (Å²) >= 11 is 0. The van der Waals surface area contributed by atoms with Crippen LogP contribution in [-0.4, -0.2) is 116 Å². The van der Waals surface area contributed by atoms with E-state index in [0.29, 0.717) is 91.7 Å². The average Bonchev–Trinajstić information content (AvgIpc) is 2.76. The van der Waals surface area contributed by atoms with Gasteiger partial charge in [0.1, 0.15) is 6.61 Å². The van der Waals surface area contributed by atoms with Crippen molar-refractivity contribution >= 4 is 8.80 Å². The van der Waals surface area contributed by atoms with Gasteiger partial charge in [0.15, 0.2) is 0 Å². The van der Waals surface area contributed by atoms with Gasteiger partial charge in [0.2, 0.25) is 0 Å². The molecule has 0 saturated heterocycles. The fraction of sp³-hybridized carbons (Fsp3) is 1.00. The van der Waals surface area contributed by atoms with E-state index in [1.165, 1.54) is 0 Å². The summed E-state index contributed by atoms with van der Waals surface area (Å²) in [7, 11) is 1.73. The predicted octanol–water partition coefficient (Wildman–Crippen LogP) is 0.245. The average molecular weight is 460 g/mol. The van der Waals surface area contributed by atoms with Gasteiger partial charge in [0.05, 0.1) is 72.7 Å². The first-order valence-electron chi connectivity index (χ1n) is 10.2. The minimum Gasteiger partial charge on any atom is -0.382 e. The van der Waals surface area contributed by atoms with Crippen molar-refractivity contribution in [3.63, 3.8) is 0 Å². The molecule has 0 heterocycles. The summed E-state index contributed by atoms with van der Waals surface area (Å²) in [5.74, 6) is 0. The predicted molar refractivity (Wildman–Crippen MR) is 111 cm³/mol. The van der Waals surface area contributed by atoms with Crippen molar-refractivity contribution in [2.45, 2.75) is 12.5 Å². The van der Waals surface area contributed by atoms with Crippen LogP contribution in [0.4, 0.5) is 0 Å². The number of rotatable bonds is 25. The maximum Gasteiger partial charge on any atom is 0.530 e. The molecule has 0 aromatic carbocycles. The van der Waals surface area contributed by atoms with Crippen molar-refractivity contribution in [1.82, 2.24) is 0 Å². The van der Waals surface area contributed by atoms with Gasteiger partial charge in [-0.3, -0.25) is 0 Å². The zero-order chi connectivity index (χ0) is 22.2. The molecule has 12 heteroatoms. The van der Waals surface area contributed by atoms with Crippen LogP contribution >= 0.6 is 0 Å².